The molecule has 1 heterocycles. The van der Waals surface area contributed by atoms with Crippen LogP contribution in [0.5, 0.6) is 0 Å². The Morgan fingerprint density at radius 1 is 1.17 bits per heavy atom. The Bertz CT molecular complexity index is 791. The zero-order valence-electron chi connectivity index (χ0n) is 16.5. The fourth-order valence-corrected chi connectivity index (χ4v) is 2.92. The van der Waals surface area contributed by atoms with Crippen LogP contribution in [0.2, 0.25) is 0 Å². The van der Waals surface area contributed by atoms with E-state index in [2.05, 4.69) is 5.32 Å². The first-order chi connectivity index (χ1) is 13.9. The molecule has 1 aromatic heterocycles. The minimum absolute atomic E-state index is 0.0207. The summed E-state index contributed by atoms with van der Waals surface area (Å²) in [4.78, 5) is 37.6. The molecule has 0 bridgehead atoms. The van der Waals surface area contributed by atoms with Gasteiger partial charge in [-0.15, -0.1) is 0 Å². The Labute approximate surface area is 169 Å². The summed E-state index contributed by atoms with van der Waals surface area (Å²) >= 11 is 0. The van der Waals surface area contributed by atoms with E-state index >= 15 is 0 Å². The molecular formula is C21H26N2O6. The zero-order chi connectivity index (χ0) is 21.2. The van der Waals surface area contributed by atoms with Crippen molar-refractivity contribution < 1.29 is 28.6 Å². The molecule has 2 aromatic rings. The number of furan rings is 1. The van der Waals surface area contributed by atoms with E-state index < -0.39 is 36.5 Å². The van der Waals surface area contributed by atoms with Crippen molar-refractivity contribution >= 4 is 17.8 Å². The lowest BCUT2D eigenvalue weighted by atomic mass is 10.0. The van der Waals surface area contributed by atoms with E-state index in [0.29, 0.717) is 12.2 Å². The Morgan fingerprint density at radius 2 is 1.90 bits per heavy atom. The highest BCUT2D eigenvalue weighted by atomic mass is 16.5. The smallest absolute Gasteiger partial charge is 0.323 e. The van der Waals surface area contributed by atoms with Gasteiger partial charge in [-0.3, -0.25) is 19.7 Å². The normalized spacial score (nSPS) is 12.8. The Hall–Kier alpha value is -3.13. The lowest BCUT2D eigenvalue weighted by Gasteiger charge is -2.27. The number of amides is 1. The summed E-state index contributed by atoms with van der Waals surface area (Å²) in [5.74, 6) is -1.58. The van der Waals surface area contributed by atoms with Crippen molar-refractivity contribution in [1.29, 1.82) is 0 Å². The maximum absolute atomic E-state index is 12.9. The van der Waals surface area contributed by atoms with Gasteiger partial charge >= 0.3 is 11.9 Å². The lowest BCUT2D eigenvalue weighted by molar-refractivity contribution is -0.148. The van der Waals surface area contributed by atoms with E-state index in [1.807, 2.05) is 30.3 Å². The number of nitrogens with one attached hydrogen (secondary N) is 1. The van der Waals surface area contributed by atoms with Gasteiger partial charge in [0, 0.05) is 0 Å². The fraction of sp³-hybridized carbons (Fsp3) is 0.381. The van der Waals surface area contributed by atoms with Gasteiger partial charge in [0.15, 0.2) is 0 Å². The van der Waals surface area contributed by atoms with E-state index in [-0.39, 0.29) is 13.2 Å². The van der Waals surface area contributed by atoms with Gasteiger partial charge in [-0.05, 0) is 38.0 Å². The summed E-state index contributed by atoms with van der Waals surface area (Å²) in [5, 5.41) is 12.2. The van der Waals surface area contributed by atoms with Gasteiger partial charge in [-0.2, -0.15) is 0 Å². The standard InChI is InChI=1S/C21H26N2O6/c1-3-28-21(27)18(12-16-8-5-4-6-9-16)22-15(2)20(26)23(14-19(24)25)13-17-10-7-11-29-17/h4-11,15,18,22H,3,12-14H2,1-2H3,(H,24,25)/t15-,18-/m0/s1. The topological polar surface area (TPSA) is 109 Å². The summed E-state index contributed by atoms with van der Waals surface area (Å²) in [6.45, 7) is 3.07. The molecular weight excluding hydrogens is 376 g/mol. The first-order valence-corrected chi connectivity index (χ1v) is 9.40. The van der Waals surface area contributed by atoms with E-state index in [1.165, 1.54) is 11.2 Å². The number of carbonyl (C=O) groups is 3. The second-order valence-electron chi connectivity index (χ2n) is 6.55. The number of aliphatic carboxylic acids is 1. The van der Waals surface area contributed by atoms with Crippen LogP contribution in [0.15, 0.2) is 53.1 Å². The van der Waals surface area contributed by atoms with Gasteiger partial charge in [-0.25, -0.2) is 0 Å². The molecule has 0 unspecified atom stereocenters. The van der Waals surface area contributed by atoms with Crippen LogP contribution in [0.25, 0.3) is 0 Å². The number of nitrogens with zero attached hydrogens (tertiary/aromatic N) is 1. The minimum atomic E-state index is -1.14. The molecule has 8 heteroatoms. The molecule has 0 aliphatic rings. The number of carboxylic acid groups (broad SMARTS) is 1. The number of rotatable bonds is 11. The Morgan fingerprint density at radius 3 is 2.48 bits per heavy atom. The molecule has 2 atom stereocenters. The molecule has 156 valence electrons. The molecule has 8 nitrogen and oxygen atoms in total. The third-order valence-electron chi connectivity index (χ3n) is 4.24. The molecule has 0 fully saturated rings. The van der Waals surface area contributed by atoms with Gasteiger partial charge in [0.2, 0.25) is 5.91 Å². The maximum atomic E-state index is 12.9. The molecule has 0 saturated carbocycles. The number of carbonyl (C=O) groups excluding carboxylic acids is 2. The SMILES string of the molecule is CCOC(=O)[C@H](Cc1ccccc1)N[C@@H](C)C(=O)N(CC(=O)O)Cc1ccco1. The van der Waals surface area contributed by atoms with Crippen LogP contribution >= 0.6 is 0 Å². The van der Waals surface area contributed by atoms with Gasteiger partial charge < -0.3 is 19.2 Å². The molecule has 29 heavy (non-hydrogen) atoms. The van der Waals surface area contributed by atoms with Crippen molar-refractivity contribution in [2.24, 2.45) is 0 Å². The number of carboxylic acids is 1. The average molecular weight is 402 g/mol. The predicted octanol–water partition coefficient (Wildman–Crippen LogP) is 1.85. The second-order valence-corrected chi connectivity index (χ2v) is 6.55. The monoisotopic (exact) mass is 402 g/mol. The van der Waals surface area contributed by atoms with Gasteiger partial charge in [0.05, 0.1) is 25.5 Å². The number of esters is 1. The number of ether oxygens (including phenoxy) is 1. The second kappa shape index (κ2) is 11.0. The quantitative estimate of drug-likeness (QED) is 0.552. The number of benzene rings is 1. The summed E-state index contributed by atoms with van der Waals surface area (Å²) in [5.41, 5.74) is 0.913. The van der Waals surface area contributed by atoms with E-state index in [0.717, 1.165) is 5.56 Å². The zero-order valence-corrected chi connectivity index (χ0v) is 16.5. The van der Waals surface area contributed by atoms with Crippen molar-refractivity contribution in [3.05, 3.63) is 60.1 Å². The van der Waals surface area contributed by atoms with Crippen LogP contribution in [-0.4, -0.2) is 53.1 Å². The molecule has 0 saturated heterocycles. The maximum Gasteiger partial charge on any atom is 0.323 e. The third-order valence-corrected chi connectivity index (χ3v) is 4.24. The van der Waals surface area contributed by atoms with Crippen LogP contribution in [0.3, 0.4) is 0 Å². The minimum Gasteiger partial charge on any atom is -0.480 e. The number of hydrogen-bond donors (Lipinski definition) is 2. The highest BCUT2D eigenvalue weighted by Crippen LogP contribution is 2.10. The van der Waals surface area contributed by atoms with E-state index in [1.54, 1.807) is 26.0 Å². The summed E-state index contributed by atoms with van der Waals surface area (Å²) in [6.07, 6.45) is 1.80. The fourth-order valence-electron chi connectivity index (χ4n) is 2.92. The molecule has 1 amide bonds. The Kier molecular flexibility index (Phi) is 8.42. The van der Waals surface area contributed by atoms with Crippen LogP contribution in [0, 0.1) is 0 Å². The highest BCUT2D eigenvalue weighted by Gasteiger charge is 2.29. The van der Waals surface area contributed by atoms with Crippen molar-refractivity contribution in [2.45, 2.75) is 38.9 Å². The molecule has 1 aromatic carbocycles. The van der Waals surface area contributed by atoms with Gasteiger partial charge in [0.1, 0.15) is 18.3 Å². The first kappa shape index (κ1) is 22.2. The van der Waals surface area contributed by atoms with Crippen molar-refractivity contribution in [3.8, 4) is 0 Å². The van der Waals surface area contributed by atoms with Crippen LogP contribution in [-0.2, 0) is 32.1 Å². The Balaban J connectivity index is 2.11. The van der Waals surface area contributed by atoms with Crippen molar-refractivity contribution in [1.82, 2.24) is 10.2 Å². The van der Waals surface area contributed by atoms with E-state index in [4.69, 9.17) is 14.3 Å². The van der Waals surface area contributed by atoms with Crippen molar-refractivity contribution in [3.63, 3.8) is 0 Å². The summed E-state index contributed by atoms with van der Waals surface area (Å²) < 4.78 is 10.4. The van der Waals surface area contributed by atoms with Crippen molar-refractivity contribution in [2.75, 3.05) is 13.2 Å². The largest absolute Gasteiger partial charge is 0.480 e. The summed E-state index contributed by atoms with van der Waals surface area (Å²) in [7, 11) is 0. The van der Waals surface area contributed by atoms with Gasteiger partial charge in [0.25, 0.3) is 0 Å². The molecule has 2 rings (SSSR count). The molecule has 2 N–H and O–H groups in total. The third kappa shape index (κ3) is 7.08. The highest BCUT2D eigenvalue weighted by molar-refractivity contribution is 5.86. The predicted molar refractivity (Wildman–Crippen MR) is 105 cm³/mol. The van der Waals surface area contributed by atoms with E-state index in [9.17, 15) is 14.4 Å². The first-order valence-electron chi connectivity index (χ1n) is 9.40. The number of hydrogen-bond acceptors (Lipinski definition) is 6. The lowest BCUT2D eigenvalue weighted by Crippen LogP contribution is -2.52. The van der Waals surface area contributed by atoms with Crippen LogP contribution < -0.4 is 5.32 Å². The molecule has 0 radical (unpaired) electrons. The van der Waals surface area contributed by atoms with Gasteiger partial charge in [-0.1, -0.05) is 30.3 Å². The average Bonchev–Trinajstić information content (AvgIpc) is 3.20. The summed E-state index contributed by atoms with van der Waals surface area (Å²) in [6, 6.07) is 11.2. The molecule has 0 spiro atoms. The van der Waals surface area contributed by atoms with Crippen LogP contribution in [0.1, 0.15) is 25.2 Å². The molecule has 0 aliphatic carbocycles. The van der Waals surface area contributed by atoms with Crippen LogP contribution in [0.4, 0.5) is 0 Å². The molecule has 0 aliphatic heterocycles.